The van der Waals surface area contributed by atoms with Gasteiger partial charge in [0.05, 0.1) is 25.0 Å². The van der Waals surface area contributed by atoms with E-state index in [-0.39, 0.29) is 43.9 Å². The van der Waals surface area contributed by atoms with Gasteiger partial charge >= 0.3 is 17.9 Å². The van der Waals surface area contributed by atoms with Gasteiger partial charge in [0, 0.05) is 25.3 Å². The molecule has 12 N–H and O–H groups in total. The van der Waals surface area contributed by atoms with Crippen LogP contribution in [0, 0.1) is 5.92 Å². The van der Waals surface area contributed by atoms with Crippen molar-refractivity contribution in [1.29, 1.82) is 0 Å². The minimum absolute atomic E-state index is 0.0159. The van der Waals surface area contributed by atoms with Gasteiger partial charge < -0.3 is 67.7 Å². The fraction of sp³-hybridized carbons (Fsp3) is 0.590. The summed E-state index contributed by atoms with van der Waals surface area (Å²) in [6.45, 7) is 4.39. The van der Waals surface area contributed by atoms with E-state index in [0.29, 0.717) is 18.4 Å². The van der Waals surface area contributed by atoms with Crippen molar-refractivity contribution < 1.29 is 73.5 Å². The first-order valence-electron chi connectivity index (χ1n) is 20.2. The van der Waals surface area contributed by atoms with E-state index >= 15 is 0 Å². The highest BCUT2D eigenvalue weighted by molar-refractivity contribution is 7.80. The number of carboxylic acid groups (broad SMARTS) is 3. The van der Waals surface area contributed by atoms with Crippen LogP contribution in [0.25, 0.3) is 0 Å². The van der Waals surface area contributed by atoms with Crippen LogP contribution in [-0.2, 0) is 54.4 Å². The van der Waals surface area contributed by atoms with Crippen LogP contribution in [0.5, 0.6) is 5.75 Å². The summed E-state index contributed by atoms with van der Waals surface area (Å²) in [7, 11) is 0. The van der Waals surface area contributed by atoms with Crippen LogP contribution in [0.2, 0.25) is 0 Å². The minimum atomic E-state index is -1.78. The Balaban J connectivity index is 1.83. The SMILES string of the molecule is CC(C)[C@H](NC(=O)[C@@H]1CCCN1C(=O)[C@@H](NC(=O)[C@H](CC(=O)O)NC(=O)[C@@H](N)CS)[C@@H](C)O)C(=O)N[C@@H](Cc1ccc(O)cc1)C(=O)N1CCC[C@H]1C(=O)N[C@@H](CC(=O)O)C(=O)O. The largest absolute Gasteiger partial charge is 0.508 e. The molecule has 24 heteroatoms. The molecule has 1 aromatic rings. The lowest BCUT2D eigenvalue weighted by molar-refractivity contribution is -0.148. The summed E-state index contributed by atoms with van der Waals surface area (Å²) in [6, 6.07) is -5.84. The van der Waals surface area contributed by atoms with Gasteiger partial charge in [-0.2, -0.15) is 12.6 Å². The van der Waals surface area contributed by atoms with Crippen molar-refractivity contribution in [2.45, 2.75) is 120 Å². The van der Waals surface area contributed by atoms with Crippen molar-refractivity contribution >= 4 is 71.9 Å². The molecule has 3 rings (SSSR count). The highest BCUT2D eigenvalue weighted by atomic mass is 32.1. The number of nitrogens with one attached hydrogen (secondary N) is 5. The van der Waals surface area contributed by atoms with Gasteiger partial charge in [0.15, 0.2) is 0 Å². The van der Waals surface area contributed by atoms with Crippen molar-refractivity contribution in [1.82, 2.24) is 36.4 Å². The molecule has 2 aliphatic heterocycles. The minimum Gasteiger partial charge on any atom is -0.508 e. The van der Waals surface area contributed by atoms with Gasteiger partial charge in [-0.15, -0.1) is 0 Å². The summed E-state index contributed by atoms with van der Waals surface area (Å²) in [5, 5.41) is 60.3. The zero-order chi connectivity index (χ0) is 47.3. The quantitative estimate of drug-likeness (QED) is 0.0506. The van der Waals surface area contributed by atoms with Crippen molar-refractivity contribution in [3.8, 4) is 5.75 Å². The maximum absolute atomic E-state index is 14.2. The second kappa shape index (κ2) is 23.4. The van der Waals surface area contributed by atoms with E-state index in [4.69, 9.17) is 10.8 Å². The van der Waals surface area contributed by atoms with Crippen molar-refractivity contribution in [2.24, 2.45) is 11.7 Å². The molecule has 0 radical (unpaired) electrons. The molecule has 23 nitrogen and oxygen atoms in total. The number of aliphatic hydroxyl groups excluding tert-OH is 1. The molecule has 1 aromatic carbocycles. The summed E-state index contributed by atoms with van der Waals surface area (Å²) in [5.41, 5.74) is 6.11. The molecule has 2 aliphatic rings. The molecule has 0 saturated carbocycles. The molecule has 348 valence electrons. The van der Waals surface area contributed by atoms with Crippen LogP contribution in [0.15, 0.2) is 24.3 Å². The van der Waals surface area contributed by atoms with Crippen molar-refractivity contribution in [3.63, 3.8) is 0 Å². The number of aliphatic hydroxyl groups is 1. The summed E-state index contributed by atoms with van der Waals surface area (Å²) in [6.07, 6.45) is -2.76. The molecule has 0 aliphatic carbocycles. The third-order valence-corrected chi connectivity index (χ3v) is 10.9. The second-order valence-electron chi connectivity index (χ2n) is 15.7. The molecule has 63 heavy (non-hydrogen) atoms. The summed E-state index contributed by atoms with van der Waals surface area (Å²) < 4.78 is 0. The predicted molar refractivity (Wildman–Crippen MR) is 221 cm³/mol. The number of nitrogens with two attached hydrogens (primary N) is 1. The Kier molecular flexibility index (Phi) is 19.1. The van der Waals surface area contributed by atoms with E-state index in [0.717, 1.165) is 9.80 Å². The number of phenolic OH excluding ortho intramolecular Hbond substituents is 1. The lowest BCUT2D eigenvalue weighted by atomic mass is 9.99. The zero-order valence-electron chi connectivity index (χ0n) is 34.9. The van der Waals surface area contributed by atoms with E-state index in [1.165, 1.54) is 31.2 Å². The average Bonchev–Trinajstić information content (AvgIpc) is 3.91. The monoisotopic (exact) mass is 908 g/mol. The van der Waals surface area contributed by atoms with Crippen LogP contribution in [-0.4, -0.2) is 168 Å². The van der Waals surface area contributed by atoms with Crippen molar-refractivity contribution in [2.75, 3.05) is 18.8 Å². The maximum atomic E-state index is 14.2. The number of carbonyl (C=O) groups is 10. The number of rotatable bonds is 22. The third kappa shape index (κ3) is 14.5. The Bertz CT molecular complexity index is 1880. The van der Waals surface area contributed by atoms with Crippen LogP contribution in [0.1, 0.15) is 64.9 Å². The molecule has 0 spiro atoms. The Morgan fingerprint density at radius 2 is 1.19 bits per heavy atom. The molecule has 2 saturated heterocycles. The molecular formula is C39H56N8O15S. The number of benzene rings is 1. The predicted octanol–water partition coefficient (Wildman–Crippen LogP) is -3.33. The Morgan fingerprint density at radius 1 is 0.683 bits per heavy atom. The molecule has 7 amide bonds. The smallest absolute Gasteiger partial charge is 0.326 e. The van der Waals surface area contributed by atoms with Crippen LogP contribution in [0.3, 0.4) is 0 Å². The standard InChI is InChI=1S/C39H56N8O15S/c1-18(2)30(44-35(57)27-7-5-13-47(27)38(60)31(19(3)48)45-33(55)23(15-28(50)51)41-32(54)22(40)17-63)36(58)42-24(14-20-8-10-21(49)11-9-20)37(59)46-12-4-6-26(46)34(56)43-25(39(61)62)16-29(52)53/h8-11,18-19,22-27,30-31,48-49,63H,4-7,12-17,40H2,1-3H3,(H,41,54)(H,42,58)(H,43,56)(H,44,57)(H,45,55)(H,50,51)(H,52,53)(H,61,62)/t19-,22+,23+,24+,25+,26+,27+,30+,31+/m1/s1. The zero-order valence-corrected chi connectivity index (χ0v) is 35.8. The van der Waals surface area contributed by atoms with E-state index in [1.54, 1.807) is 13.8 Å². The summed E-state index contributed by atoms with van der Waals surface area (Å²) >= 11 is 3.91. The molecule has 0 unspecified atom stereocenters. The van der Waals surface area contributed by atoms with E-state index in [9.17, 15) is 68.4 Å². The number of carbonyl (C=O) groups excluding carboxylic acids is 7. The van der Waals surface area contributed by atoms with Crippen molar-refractivity contribution in [3.05, 3.63) is 29.8 Å². The molecule has 9 atom stereocenters. The fourth-order valence-electron chi connectivity index (χ4n) is 7.13. The number of thiol groups is 1. The molecular weight excluding hydrogens is 853 g/mol. The van der Waals surface area contributed by atoms with E-state index in [2.05, 4.69) is 39.2 Å². The lowest BCUT2D eigenvalue weighted by Gasteiger charge is -2.33. The molecule has 2 fully saturated rings. The number of amides is 7. The first kappa shape index (κ1) is 51.3. The second-order valence-corrected chi connectivity index (χ2v) is 16.1. The van der Waals surface area contributed by atoms with Crippen LogP contribution < -0.4 is 32.3 Å². The normalized spacial score (nSPS) is 19.3. The van der Waals surface area contributed by atoms with Gasteiger partial charge in [0.25, 0.3) is 0 Å². The summed E-state index contributed by atoms with van der Waals surface area (Å²) in [4.78, 5) is 132. The number of nitrogens with zero attached hydrogens (tertiary/aromatic N) is 2. The van der Waals surface area contributed by atoms with E-state index < -0.39 is 132 Å². The first-order chi connectivity index (χ1) is 29.5. The van der Waals surface area contributed by atoms with Gasteiger partial charge in [-0.25, -0.2) is 4.79 Å². The van der Waals surface area contributed by atoms with Gasteiger partial charge in [-0.05, 0) is 56.2 Å². The highest BCUT2D eigenvalue weighted by Gasteiger charge is 2.43. The topological polar surface area (TPSA) is 364 Å². The number of phenols is 1. The number of hydrogen-bond acceptors (Lipinski definition) is 14. The first-order valence-corrected chi connectivity index (χ1v) is 20.8. The van der Waals surface area contributed by atoms with E-state index in [1.807, 2.05) is 0 Å². The molecule has 2 heterocycles. The van der Waals surface area contributed by atoms with Crippen LogP contribution >= 0.6 is 12.6 Å². The number of likely N-dealkylation sites (tertiary alicyclic amines) is 2. The Hall–Kier alpha value is -6.01. The molecule has 0 aromatic heterocycles. The lowest BCUT2D eigenvalue weighted by Crippen LogP contribution is -2.62. The van der Waals surface area contributed by atoms with Gasteiger partial charge in [0.1, 0.15) is 48.0 Å². The van der Waals surface area contributed by atoms with Gasteiger partial charge in [-0.3, -0.25) is 43.2 Å². The Morgan fingerprint density at radius 3 is 1.68 bits per heavy atom. The maximum Gasteiger partial charge on any atom is 0.326 e. The number of hydrogen-bond donors (Lipinski definition) is 12. The Labute approximate surface area is 367 Å². The average molecular weight is 909 g/mol. The number of aliphatic carboxylic acids is 3. The highest BCUT2D eigenvalue weighted by Crippen LogP contribution is 2.23. The van der Waals surface area contributed by atoms with Gasteiger partial charge in [-0.1, -0.05) is 26.0 Å². The van der Waals surface area contributed by atoms with Gasteiger partial charge in [0.2, 0.25) is 41.4 Å². The number of carboxylic acids is 3. The number of aromatic hydroxyl groups is 1. The summed E-state index contributed by atoms with van der Waals surface area (Å²) in [5.74, 6) is -11.6. The third-order valence-electron chi connectivity index (χ3n) is 10.5. The fourth-order valence-corrected chi connectivity index (χ4v) is 7.30. The molecule has 0 bridgehead atoms. The van der Waals surface area contributed by atoms with Crippen LogP contribution in [0.4, 0.5) is 0 Å².